The molecule has 13 heteroatoms. The highest BCUT2D eigenvalue weighted by molar-refractivity contribution is 6.05. The van der Waals surface area contributed by atoms with E-state index in [0.717, 1.165) is 41.1 Å². The molecule has 0 spiro atoms. The van der Waals surface area contributed by atoms with Crippen molar-refractivity contribution in [2.75, 3.05) is 11.4 Å². The molecular weight excluding hydrogens is 581 g/mol. The van der Waals surface area contributed by atoms with Gasteiger partial charge in [0.2, 0.25) is 0 Å². The molecule has 224 valence electrons. The maximum atomic E-state index is 14.0. The van der Waals surface area contributed by atoms with Gasteiger partial charge in [-0.25, -0.2) is 9.07 Å². The number of aromatic nitrogens is 2. The number of para-hydroxylation sites is 1. The van der Waals surface area contributed by atoms with E-state index in [2.05, 4.69) is 10.4 Å². The van der Waals surface area contributed by atoms with Crippen LogP contribution in [0.1, 0.15) is 51.1 Å². The first-order chi connectivity index (χ1) is 20.2. The van der Waals surface area contributed by atoms with Gasteiger partial charge in [-0.05, 0) is 61.9 Å². The molecule has 0 saturated carbocycles. The van der Waals surface area contributed by atoms with Gasteiger partial charge in [0.15, 0.2) is 0 Å². The summed E-state index contributed by atoms with van der Waals surface area (Å²) in [7, 11) is 0. The number of carbonyl (C=O) groups excluding carboxylic acids is 2. The first kappa shape index (κ1) is 29.8. The standard InChI is InChI=1S/C30H23F7N4O2/c1-3-40-27-23(16(2)39-41(27)22-10-5-4-9-21(22)30(35,36)37)24(17-11-13-20(31)14-12-17)25(28(40)43)38-26(42)18-7-6-8-19(15-18)29(32,33)34/h4-15,24-25H,3H2,1-2H3,(H,38,42). The van der Waals surface area contributed by atoms with E-state index in [0.29, 0.717) is 17.2 Å². The van der Waals surface area contributed by atoms with Crippen LogP contribution in [0, 0.1) is 12.7 Å². The number of carbonyl (C=O) groups is 2. The summed E-state index contributed by atoms with van der Waals surface area (Å²) in [6.45, 7) is 3.06. The Labute approximate surface area is 240 Å². The molecule has 0 aliphatic carbocycles. The molecule has 0 saturated heterocycles. The fraction of sp³-hybridized carbons (Fsp3) is 0.233. The first-order valence-corrected chi connectivity index (χ1v) is 13.0. The third kappa shape index (κ3) is 5.46. The van der Waals surface area contributed by atoms with Crippen molar-refractivity contribution in [2.24, 2.45) is 0 Å². The number of anilines is 1. The Morgan fingerprint density at radius 1 is 0.930 bits per heavy atom. The van der Waals surface area contributed by atoms with E-state index in [9.17, 15) is 40.3 Å². The lowest BCUT2D eigenvalue weighted by Gasteiger charge is -2.38. The molecule has 43 heavy (non-hydrogen) atoms. The number of hydrogen-bond acceptors (Lipinski definition) is 3. The van der Waals surface area contributed by atoms with Crippen molar-refractivity contribution in [1.82, 2.24) is 15.1 Å². The second-order valence-corrected chi connectivity index (χ2v) is 9.89. The Hall–Kier alpha value is -4.68. The van der Waals surface area contributed by atoms with Crippen molar-refractivity contribution in [2.45, 2.75) is 38.2 Å². The van der Waals surface area contributed by atoms with Gasteiger partial charge in [-0.1, -0.05) is 30.3 Å². The number of aryl methyl sites for hydroxylation is 1. The SMILES string of the molecule is CCN1C(=O)C(NC(=O)c2cccc(C(F)(F)F)c2)C(c2ccc(F)cc2)c2c(C)nn(-c3ccccc3C(F)(F)F)c21. The van der Waals surface area contributed by atoms with Crippen LogP contribution in [0.5, 0.6) is 0 Å². The van der Waals surface area contributed by atoms with Gasteiger partial charge in [0.25, 0.3) is 11.8 Å². The Morgan fingerprint density at radius 3 is 2.23 bits per heavy atom. The van der Waals surface area contributed by atoms with Gasteiger partial charge in [-0.15, -0.1) is 0 Å². The largest absolute Gasteiger partial charge is 0.418 e. The Bertz CT molecular complexity index is 1690. The molecule has 3 aromatic carbocycles. The molecule has 1 aromatic heterocycles. The predicted octanol–water partition coefficient (Wildman–Crippen LogP) is 6.65. The van der Waals surface area contributed by atoms with E-state index in [-0.39, 0.29) is 29.3 Å². The molecule has 4 aromatic rings. The highest BCUT2D eigenvalue weighted by atomic mass is 19.4. The summed E-state index contributed by atoms with van der Waals surface area (Å²) in [5, 5.41) is 6.92. The number of benzene rings is 3. The van der Waals surface area contributed by atoms with Gasteiger partial charge in [-0.3, -0.25) is 14.5 Å². The van der Waals surface area contributed by atoms with Gasteiger partial charge in [0.1, 0.15) is 17.7 Å². The summed E-state index contributed by atoms with van der Waals surface area (Å²) in [5.41, 5.74) is -1.92. The molecule has 2 unspecified atom stereocenters. The summed E-state index contributed by atoms with van der Waals surface area (Å²) in [4.78, 5) is 28.5. The van der Waals surface area contributed by atoms with Crippen LogP contribution in [-0.2, 0) is 17.1 Å². The molecular formula is C30H23F7N4O2. The third-order valence-corrected chi connectivity index (χ3v) is 7.24. The Kier molecular flexibility index (Phi) is 7.53. The van der Waals surface area contributed by atoms with Crippen LogP contribution in [0.15, 0.2) is 72.8 Å². The Balaban J connectivity index is 1.69. The van der Waals surface area contributed by atoms with Crippen LogP contribution < -0.4 is 10.2 Å². The lowest BCUT2D eigenvalue weighted by atomic mass is 9.81. The lowest BCUT2D eigenvalue weighted by molar-refractivity contribution is -0.138. The van der Waals surface area contributed by atoms with Crippen molar-refractivity contribution in [3.63, 3.8) is 0 Å². The molecule has 2 atom stereocenters. The summed E-state index contributed by atoms with van der Waals surface area (Å²) in [6.07, 6.45) is -9.48. The zero-order valence-electron chi connectivity index (χ0n) is 22.6. The van der Waals surface area contributed by atoms with Crippen LogP contribution in [0.4, 0.5) is 36.6 Å². The molecule has 6 nitrogen and oxygen atoms in total. The van der Waals surface area contributed by atoms with Crippen LogP contribution >= 0.6 is 0 Å². The van der Waals surface area contributed by atoms with Gasteiger partial charge < -0.3 is 5.32 Å². The first-order valence-electron chi connectivity index (χ1n) is 13.0. The van der Waals surface area contributed by atoms with E-state index in [4.69, 9.17) is 0 Å². The molecule has 0 bridgehead atoms. The third-order valence-electron chi connectivity index (χ3n) is 7.24. The van der Waals surface area contributed by atoms with Gasteiger partial charge >= 0.3 is 12.4 Å². The van der Waals surface area contributed by atoms with E-state index >= 15 is 0 Å². The second kappa shape index (κ2) is 10.9. The number of rotatable bonds is 5. The van der Waals surface area contributed by atoms with E-state index < -0.39 is 53.1 Å². The smallest absolute Gasteiger partial charge is 0.339 e. The number of nitrogens with one attached hydrogen (secondary N) is 1. The minimum absolute atomic E-state index is 0.0283. The molecule has 1 aliphatic rings. The van der Waals surface area contributed by atoms with Gasteiger partial charge in [0.05, 0.1) is 22.5 Å². The number of nitrogens with zero attached hydrogens (tertiary/aromatic N) is 3. The highest BCUT2D eigenvalue weighted by Gasteiger charge is 2.46. The molecule has 1 aliphatic heterocycles. The molecule has 5 rings (SSSR count). The fourth-order valence-electron chi connectivity index (χ4n) is 5.34. The van der Waals surface area contributed by atoms with Gasteiger partial charge in [-0.2, -0.15) is 31.4 Å². The van der Waals surface area contributed by atoms with Crippen molar-refractivity contribution in [3.8, 4) is 5.69 Å². The van der Waals surface area contributed by atoms with Crippen LogP contribution in [0.2, 0.25) is 0 Å². The summed E-state index contributed by atoms with van der Waals surface area (Å²) in [6, 6.07) is 11.9. The van der Waals surface area contributed by atoms with E-state index in [1.54, 1.807) is 6.92 Å². The number of likely N-dealkylation sites (N-methyl/N-ethyl adjacent to an activating group) is 1. The van der Waals surface area contributed by atoms with Crippen molar-refractivity contribution < 1.29 is 40.3 Å². The Morgan fingerprint density at radius 2 is 1.60 bits per heavy atom. The van der Waals surface area contributed by atoms with Crippen molar-refractivity contribution >= 4 is 17.6 Å². The molecule has 2 heterocycles. The average Bonchev–Trinajstić information content (AvgIpc) is 3.29. The van der Waals surface area contributed by atoms with Crippen LogP contribution in [0.25, 0.3) is 5.69 Å². The zero-order chi connectivity index (χ0) is 31.3. The number of amides is 2. The summed E-state index contributed by atoms with van der Waals surface area (Å²) >= 11 is 0. The topological polar surface area (TPSA) is 67.2 Å². The number of fused-ring (bicyclic) bond motifs is 1. The van der Waals surface area contributed by atoms with E-state index in [1.807, 2.05) is 0 Å². The minimum Gasteiger partial charge on any atom is -0.339 e. The average molecular weight is 605 g/mol. The van der Waals surface area contributed by atoms with Crippen LogP contribution in [-0.4, -0.2) is 34.2 Å². The summed E-state index contributed by atoms with van der Waals surface area (Å²) in [5.74, 6) is -3.37. The van der Waals surface area contributed by atoms with Crippen LogP contribution in [0.3, 0.4) is 0 Å². The maximum absolute atomic E-state index is 14.0. The number of hydrogen-bond donors (Lipinski definition) is 1. The number of alkyl halides is 6. The van der Waals surface area contributed by atoms with Gasteiger partial charge in [0, 0.05) is 23.6 Å². The normalized spacial score (nSPS) is 17.1. The lowest BCUT2D eigenvalue weighted by Crippen LogP contribution is -2.55. The minimum atomic E-state index is -4.75. The number of halogens is 7. The van der Waals surface area contributed by atoms with E-state index in [1.165, 1.54) is 42.2 Å². The maximum Gasteiger partial charge on any atom is 0.418 e. The second-order valence-electron chi connectivity index (χ2n) is 9.89. The quantitative estimate of drug-likeness (QED) is 0.260. The molecule has 0 radical (unpaired) electrons. The highest BCUT2D eigenvalue weighted by Crippen LogP contribution is 2.45. The fourth-order valence-corrected chi connectivity index (χ4v) is 5.34. The zero-order valence-corrected chi connectivity index (χ0v) is 22.6. The predicted molar refractivity (Wildman–Crippen MR) is 142 cm³/mol. The molecule has 1 N–H and O–H groups in total. The van der Waals surface area contributed by atoms with Crippen molar-refractivity contribution in [3.05, 3.63) is 112 Å². The monoisotopic (exact) mass is 604 g/mol. The summed E-state index contributed by atoms with van der Waals surface area (Å²) < 4.78 is 96.9. The molecule has 2 amide bonds. The molecule has 0 fully saturated rings. The van der Waals surface area contributed by atoms with Crippen molar-refractivity contribution in [1.29, 1.82) is 0 Å².